The van der Waals surface area contributed by atoms with Gasteiger partial charge in [0.05, 0.1) is 25.2 Å². The SMILES string of the molecule is CCOC1CC(c2ccc(CC(=O)Nc3cc(OCCN4CCOCC4)cc(C(F)(F)F)c3)c(F)c2)CNC1=O. The van der Waals surface area contributed by atoms with Crippen LogP contribution in [0.3, 0.4) is 0 Å². The largest absolute Gasteiger partial charge is 0.492 e. The number of halogens is 4. The zero-order valence-corrected chi connectivity index (χ0v) is 22.2. The molecule has 0 spiro atoms. The summed E-state index contributed by atoms with van der Waals surface area (Å²) in [6, 6.07) is 7.50. The Morgan fingerprint density at radius 3 is 2.65 bits per heavy atom. The number of alkyl halides is 3. The fourth-order valence-corrected chi connectivity index (χ4v) is 4.76. The highest BCUT2D eigenvalue weighted by Crippen LogP contribution is 2.34. The number of amides is 2. The summed E-state index contributed by atoms with van der Waals surface area (Å²) in [5, 5.41) is 5.20. The Labute approximate surface area is 230 Å². The summed E-state index contributed by atoms with van der Waals surface area (Å²) in [5.41, 5.74) is -0.315. The summed E-state index contributed by atoms with van der Waals surface area (Å²) < 4.78 is 71.8. The van der Waals surface area contributed by atoms with Crippen molar-refractivity contribution < 1.29 is 41.4 Å². The van der Waals surface area contributed by atoms with Gasteiger partial charge < -0.3 is 24.8 Å². The van der Waals surface area contributed by atoms with E-state index in [2.05, 4.69) is 15.5 Å². The van der Waals surface area contributed by atoms with E-state index in [1.807, 2.05) is 0 Å². The molecule has 0 bridgehead atoms. The Hall–Kier alpha value is -3.22. The first-order valence-electron chi connectivity index (χ1n) is 13.2. The number of hydrogen-bond acceptors (Lipinski definition) is 6. The minimum absolute atomic E-state index is 0.0288. The minimum atomic E-state index is -4.65. The van der Waals surface area contributed by atoms with E-state index in [9.17, 15) is 27.2 Å². The lowest BCUT2D eigenvalue weighted by Gasteiger charge is -2.29. The Balaban J connectivity index is 1.39. The number of nitrogens with zero attached hydrogens (tertiary/aromatic N) is 1. The number of benzene rings is 2. The number of hydrogen-bond donors (Lipinski definition) is 2. The number of carbonyl (C=O) groups excluding carboxylic acids is 2. The average molecular weight is 568 g/mol. The van der Waals surface area contributed by atoms with Gasteiger partial charge in [-0.1, -0.05) is 12.1 Å². The standard InChI is InChI=1S/C28H33F4N3O5/c1-2-39-25-12-20(17-33-27(25)37)18-3-4-19(24(29)11-18)13-26(36)34-22-14-21(28(30,31)32)15-23(16-22)40-10-7-35-5-8-38-9-6-35/h3-4,11,14-16,20,25H,2,5-10,12-13,17H2,1H3,(H,33,37)(H,34,36). The van der Waals surface area contributed by atoms with Crippen LogP contribution in [0.25, 0.3) is 0 Å². The number of rotatable bonds is 10. The summed E-state index contributed by atoms with van der Waals surface area (Å²) in [4.78, 5) is 26.7. The molecular formula is C28H33F4N3O5. The summed E-state index contributed by atoms with van der Waals surface area (Å²) >= 11 is 0. The van der Waals surface area contributed by atoms with Crippen LogP contribution in [0.5, 0.6) is 5.75 Å². The topological polar surface area (TPSA) is 89.1 Å². The van der Waals surface area contributed by atoms with E-state index in [1.54, 1.807) is 13.0 Å². The van der Waals surface area contributed by atoms with Crippen molar-refractivity contribution in [2.75, 3.05) is 57.9 Å². The van der Waals surface area contributed by atoms with Crippen LogP contribution < -0.4 is 15.4 Å². The maximum Gasteiger partial charge on any atom is 0.416 e. The van der Waals surface area contributed by atoms with E-state index in [-0.39, 0.29) is 41.9 Å². The molecule has 2 aliphatic heterocycles. The highest BCUT2D eigenvalue weighted by atomic mass is 19.4. The van der Waals surface area contributed by atoms with Crippen LogP contribution in [-0.2, 0) is 31.7 Å². The van der Waals surface area contributed by atoms with E-state index in [1.165, 1.54) is 18.2 Å². The van der Waals surface area contributed by atoms with E-state index < -0.39 is 29.6 Å². The quantitative estimate of drug-likeness (QED) is 0.426. The Kier molecular flexibility index (Phi) is 9.99. The van der Waals surface area contributed by atoms with Gasteiger partial charge in [0.2, 0.25) is 11.8 Å². The average Bonchev–Trinajstić information content (AvgIpc) is 2.91. The molecule has 2 amide bonds. The van der Waals surface area contributed by atoms with Gasteiger partial charge in [0, 0.05) is 50.5 Å². The van der Waals surface area contributed by atoms with Gasteiger partial charge in [-0.25, -0.2) is 4.39 Å². The van der Waals surface area contributed by atoms with E-state index in [0.717, 1.165) is 25.2 Å². The minimum Gasteiger partial charge on any atom is -0.492 e. The van der Waals surface area contributed by atoms with Crippen molar-refractivity contribution in [1.29, 1.82) is 0 Å². The Bertz CT molecular complexity index is 1190. The van der Waals surface area contributed by atoms with Crippen LogP contribution >= 0.6 is 0 Å². The van der Waals surface area contributed by atoms with Crippen molar-refractivity contribution >= 4 is 17.5 Å². The molecule has 2 aliphatic rings. The first kappa shape index (κ1) is 29.8. The molecule has 2 fully saturated rings. The lowest BCUT2D eigenvalue weighted by Crippen LogP contribution is -2.45. The molecular weight excluding hydrogens is 534 g/mol. The lowest BCUT2D eigenvalue weighted by molar-refractivity contribution is -0.137. The van der Waals surface area contributed by atoms with Crippen LogP contribution in [0.2, 0.25) is 0 Å². The number of ether oxygens (including phenoxy) is 3. The lowest BCUT2D eigenvalue weighted by atomic mass is 9.89. The van der Waals surface area contributed by atoms with E-state index in [0.29, 0.717) is 44.9 Å². The second-order valence-electron chi connectivity index (χ2n) is 9.74. The smallest absolute Gasteiger partial charge is 0.416 e. The second-order valence-corrected chi connectivity index (χ2v) is 9.74. The van der Waals surface area contributed by atoms with Gasteiger partial charge in [0.25, 0.3) is 0 Å². The number of morpholine rings is 1. The molecule has 40 heavy (non-hydrogen) atoms. The van der Waals surface area contributed by atoms with Gasteiger partial charge in [-0.3, -0.25) is 14.5 Å². The highest BCUT2D eigenvalue weighted by molar-refractivity contribution is 5.92. The summed E-state index contributed by atoms with van der Waals surface area (Å²) in [7, 11) is 0. The van der Waals surface area contributed by atoms with Crippen LogP contribution in [0.4, 0.5) is 23.2 Å². The van der Waals surface area contributed by atoms with E-state index in [4.69, 9.17) is 14.2 Å². The van der Waals surface area contributed by atoms with Crippen molar-refractivity contribution in [3.05, 3.63) is 58.9 Å². The van der Waals surface area contributed by atoms with Crippen molar-refractivity contribution in [2.45, 2.75) is 38.0 Å². The maximum atomic E-state index is 14.9. The first-order chi connectivity index (χ1) is 19.1. The van der Waals surface area contributed by atoms with Gasteiger partial charge in [-0.2, -0.15) is 13.2 Å². The van der Waals surface area contributed by atoms with Crippen molar-refractivity contribution in [3.8, 4) is 5.75 Å². The fourth-order valence-electron chi connectivity index (χ4n) is 4.76. The summed E-state index contributed by atoms with van der Waals surface area (Å²) in [6.45, 7) is 5.82. The molecule has 2 aromatic carbocycles. The fraction of sp³-hybridized carbons (Fsp3) is 0.500. The third-order valence-corrected chi connectivity index (χ3v) is 6.88. The Morgan fingerprint density at radius 2 is 1.95 bits per heavy atom. The molecule has 8 nitrogen and oxygen atoms in total. The third kappa shape index (κ3) is 8.15. The molecule has 2 unspecified atom stereocenters. The van der Waals surface area contributed by atoms with Crippen LogP contribution in [-0.4, -0.2) is 75.4 Å². The summed E-state index contributed by atoms with van der Waals surface area (Å²) in [5.74, 6) is -1.68. The highest BCUT2D eigenvalue weighted by Gasteiger charge is 2.32. The molecule has 2 heterocycles. The van der Waals surface area contributed by atoms with Crippen LogP contribution in [0, 0.1) is 5.82 Å². The van der Waals surface area contributed by atoms with E-state index >= 15 is 0 Å². The molecule has 2 aromatic rings. The van der Waals surface area contributed by atoms with Gasteiger partial charge in [0.1, 0.15) is 24.3 Å². The molecule has 12 heteroatoms. The van der Waals surface area contributed by atoms with Gasteiger partial charge >= 0.3 is 6.18 Å². The molecule has 0 radical (unpaired) electrons. The van der Waals surface area contributed by atoms with Crippen LogP contribution in [0.15, 0.2) is 36.4 Å². The molecule has 0 saturated carbocycles. The first-order valence-corrected chi connectivity index (χ1v) is 13.2. The van der Waals surface area contributed by atoms with Gasteiger partial charge in [-0.15, -0.1) is 0 Å². The molecule has 0 aliphatic carbocycles. The normalized spacial score (nSPS) is 20.2. The number of piperidine rings is 1. The van der Waals surface area contributed by atoms with Crippen molar-refractivity contribution in [2.24, 2.45) is 0 Å². The maximum absolute atomic E-state index is 14.9. The molecule has 4 rings (SSSR count). The summed E-state index contributed by atoms with van der Waals surface area (Å²) in [6.07, 6.45) is -5.23. The monoisotopic (exact) mass is 567 g/mol. The van der Waals surface area contributed by atoms with Crippen molar-refractivity contribution in [3.63, 3.8) is 0 Å². The molecule has 2 atom stereocenters. The Morgan fingerprint density at radius 1 is 1.18 bits per heavy atom. The molecule has 2 saturated heterocycles. The van der Waals surface area contributed by atoms with Gasteiger partial charge in [0.15, 0.2) is 0 Å². The molecule has 218 valence electrons. The van der Waals surface area contributed by atoms with Gasteiger partial charge in [-0.05, 0) is 42.7 Å². The predicted octanol–water partition coefficient (Wildman–Crippen LogP) is 3.75. The number of carbonyl (C=O) groups is 2. The third-order valence-electron chi connectivity index (χ3n) is 6.88. The van der Waals surface area contributed by atoms with Crippen molar-refractivity contribution in [1.82, 2.24) is 10.2 Å². The van der Waals surface area contributed by atoms with Crippen LogP contribution in [0.1, 0.15) is 36.0 Å². The zero-order chi connectivity index (χ0) is 28.7. The molecule has 2 N–H and O–H groups in total. The predicted molar refractivity (Wildman–Crippen MR) is 139 cm³/mol. The number of nitrogens with one attached hydrogen (secondary N) is 2. The second kappa shape index (κ2) is 13.4. The number of anilines is 1. The molecule has 0 aromatic heterocycles. The zero-order valence-electron chi connectivity index (χ0n) is 22.2.